The summed E-state index contributed by atoms with van der Waals surface area (Å²) in [5, 5.41) is 1.22. The number of amides is 1. The molecule has 1 amide bonds. The van der Waals surface area contributed by atoms with Crippen LogP contribution in [-0.4, -0.2) is 48.0 Å². The van der Waals surface area contributed by atoms with Gasteiger partial charge in [-0.2, -0.15) is 0 Å². The average Bonchev–Trinajstić information content (AvgIpc) is 3.25. The molecule has 5 nitrogen and oxygen atoms in total. The molecule has 0 atom stereocenters. The van der Waals surface area contributed by atoms with Crippen LogP contribution in [0.25, 0.3) is 20.4 Å². The topological polar surface area (TPSA) is 49.3 Å². The molecule has 0 saturated heterocycles. The molecule has 0 fully saturated rings. The van der Waals surface area contributed by atoms with Gasteiger partial charge in [-0.25, -0.2) is 9.97 Å². The van der Waals surface area contributed by atoms with Crippen molar-refractivity contribution < 1.29 is 4.79 Å². The van der Waals surface area contributed by atoms with E-state index in [2.05, 4.69) is 14.9 Å². The maximum atomic E-state index is 13.2. The lowest BCUT2D eigenvalue weighted by Crippen LogP contribution is -2.36. The Balaban J connectivity index is 1.72. The van der Waals surface area contributed by atoms with Crippen molar-refractivity contribution in [3.63, 3.8) is 0 Å². The van der Waals surface area contributed by atoms with Gasteiger partial charge in [0.15, 0.2) is 10.1 Å². The van der Waals surface area contributed by atoms with Crippen LogP contribution in [0.2, 0.25) is 0 Å². The number of aromatic nitrogens is 2. The molecule has 2 aromatic heterocycles. The van der Waals surface area contributed by atoms with Gasteiger partial charge in [0.2, 0.25) is 0 Å². The van der Waals surface area contributed by atoms with E-state index in [0.717, 1.165) is 32.1 Å². The molecule has 0 N–H and O–H groups in total. The van der Waals surface area contributed by atoms with Crippen LogP contribution in [0.1, 0.15) is 9.80 Å². The second kappa shape index (κ2) is 7.11. The van der Waals surface area contributed by atoms with E-state index in [4.69, 9.17) is 0 Å². The number of anilines is 1. The first-order chi connectivity index (χ1) is 12.6. The summed E-state index contributed by atoms with van der Waals surface area (Å²) >= 11 is 2.97. The fourth-order valence-corrected chi connectivity index (χ4v) is 4.54. The highest BCUT2D eigenvalue weighted by Crippen LogP contribution is 2.31. The average molecular weight is 383 g/mol. The number of nitrogens with zero attached hydrogens (tertiary/aromatic N) is 4. The van der Waals surface area contributed by atoms with E-state index in [9.17, 15) is 4.79 Å². The van der Waals surface area contributed by atoms with Gasteiger partial charge >= 0.3 is 0 Å². The summed E-state index contributed by atoms with van der Waals surface area (Å²) in [6.07, 6.45) is 0. The van der Waals surface area contributed by atoms with Crippen molar-refractivity contribution in [1.29, 1.82) is 0 Å². The molecule has 0 saturated carbocycles. The molecule has 7 heteroatoms. The van der Waals surface area contributed by atoms with Gasteiger partial charge in [-0.3, -0.25) is 9.69 Å². The third kappa shape index (κ3) is 3.33. The molecule has 132 valence electrons. The van der Waals surface area contributed by atoms with E-state index in [-0.39, 0.29) is 5.91 Å². The van der Waals surface area contributed by atoms with Gasteiger partial charge in [-0.15, -0.1) is 11.3 Å². The maximum Gasteiger partial charge on any atom is 0.289 e. The Bertz CT molecular complexity index is 1000. The Labute approximate surface area is 159 Å². The molecule has 0 aliphatic rings. The molecule has 0 bridgehead atoms. The number of para-hydroxylation sites is 2. The summed E-state index contributed by atoms with van der Waals surface area (Å²) < 4.78 is 2.10. The quantitative estimate of drug-likeness (QED) is 0.521. The minimum atomic E-state index is -0.0906. The van der Waals surface area contributed by atoms with Crippen molar-refractivity contribution in [3.8, 4) is 0 Å². The predicted molar refractivity (Wildman–Crippen MR) is 109 cm³/mol. The first-order valence-corrected chi connectivity index (χ1v) is 9.93. The zero-order valence-electron chi connectivity index (χ0n) is 14.5. The normalized spacial score (nSPS) is 11.5. The van der Waals surface area contributed by atoms with Crippen molar-refractivity contribution in [2.45, 2.75) is 0 Å². The van der Waals surface area contributed by atoms with Gasteiger partial charge in [-0.1, -0.05) is 35.6 Å². The van der Waals surface area contributed by atoms with Crippen LogP contribution in [0.3, 0.4) is 0 Å². The van der Waals surface area contributed by atoms with E-state index < -0.39 is 0 Å². The van der Waals surface area contributed by atoms with Crippen molar-refractivity contribution >= 4 is 54.1 Å². The van der Waals surface area contributed by atoms with Gasteiger partial charge in [-0.05, 0) is 38.4 Å². The fraction of sp³-hybridized carbons (Fsp3) is 0.211. The van der Waals surface area contributed by atoms with Crippen molar-refractivity contribution in [2.75, 3.05) is 32.1 Å². The molecule has 0 unspecified atom stereocenters. The SMILES string of the molecule is CN(C)CCN(C(=O)c1nc2ccccc2s1)c1nc2ccccc2s1. The predicted octanol–water partition coefficient (Wildman–Crippen LogP) is 4.11. The minimum Gasteiger partial charge on any atom is -0.308 e. The second-order valence-electron chi connectivity index (χ2n) is 6.21. The van der Waals surface area contributed by atoms with Crippen LogP contribution in [0, 0.1) is 0 Å². The summed E-state index contributed by atoms with van der Waals surface area (Å²) in [6, 6.07) is 15.8. The van der Waals surface area contributed by atoms with Crippen LogP contribution in [-0.2, 0) is 0 Å². The van der Waals surface area contributed by atoms with Gasteiger partial charge < -0.3 is 4.90 Å². The standard InChI is InChI=1S/C19H18N4OS2/c1-22(2)11-12-23(19-21-14-8-4-6-10-16(14)26-19)18(24)17-20-13-7-3-5-9-15(13)25-17/h3-10H,11-12H2,1-2H3. The lowest BCUT2D eigenvalue weighted by atomic mass is 10.3. The number of rotatable bonds is 5. The summed E-state index contributed by atoms with van der Waals surface area (Å²) in [4.78, 5) is 26.2. The number of carbonyl (C=O) groups excluding carboxylic acids is 1. The number of hydrogen-bond acceptors (Lipinski definition) is 6. The van der Waals surface area contributed by atoms with E-state index in [0.29, 0.717) is 11.6 Å². The minimum absolute atomic E-state index is 0.0906. The summed E-state index contributed by atoms with van der Waals surface area (Å²) in [5.74, 6) is -0.0906. The lowest BCUT2D eigenvalue weighted by Gasteiger charge is -2.20. The van der Waals surface area contributed by atoms with Crippen molar-refractivity contribution in [2.24, 2.45) is 0 Å². The van der Waals surface area contributed by atoms with Gasteiger partial charge in [0.1, 0.15) is 0 Å². The first kappa shape index (κ1) is 17.1. The third-order valence-electron chi connectivity index (χ3n) is 4.01. The zero-order chi connectivity index (χ0) is 18.1. The largest absolute Gasteiger partial charge is 0.308 e. The Morgan fingerprint density at radius 2 is 1.50 bits per heavy atom. The van der Waals surface area contributed by atoms with Crippen LogP contribution in [0.4, 0.5) is 5.13 Å². The van der Waals surface area contributed by atoms with Crippen LogP contribution in [0.5, 0.6) is 0 Å². The zero-order valence-corrected chi connectivity index (χ0v) is 16.2. The van der Waals surface area contributed by atoms with E-state index in [1.165, 1.54) is 22.7 Å². The summed E-state index contributed by atoms with van der Waals surface area (Å²) in [7, 11) is 4.00. The maximum absolute atomic E-state index is 13.2. The fourth-order valence-electron chi connectivity index (χ4n) is 2.64. The molecular formula is C19H18N4OS2. The molecule has 2 heterocycles. The Kier molecular flexibility index (Phi) is 4.67. The lowest BCUT2D eigenvalue weighted by molar-refractivity contribution is 0.0985. The highest BCUT2D eigenvalue weighted by Gasteiger charge is 2.24. The van der Waals surface area contributed by atoms with E-state index in [1.54, 1.807) is 4.90 Å². The molecule has 4 aromatic rings. The highest BCUT2D eigenvalue weighted by atomic mass is 32.1. The summed E-state index contributed by atoms with van der Waals surface area (Å²) in [5.41, 5.74) is 1.78. The molecule has 4 rings (SSSR count). The molecule has 0 aliphatic heterocycles. The molecular weight excluding hydrogens is 364 g/mol. The number of hydrogen-bond donors (Lipinski definition) is 0. The Morgan fingerprint density at radius 1 is 0.885 bits per heavy atom. The van der Waals surface area contributed by atoms with Gasteiger partial charge in [0.05, 0.1) is 20.4 Å². The number of benzene rings is 2. The van der Waals surface area contributed by atoms with Gasteiger partial charge in [0.25, 0.3) is 5.91 Å². The van der Waals surface area contributed by atoms with Crippen LogP contribution < -0.4 is 4.90 Å². The highest BCUT2D eigenvalue weighted by molar-refractivity contribution is 7.22. The van der Waals surface area contributed by atoms with Crippen molar-refractivity contribution in [1.82, 2.24) is 14.9 Å². The molecule has 0 spiro atoms. The number of fused-ring (bicyclic) bond motifs is 2. The molecule has 0 radical (unpaired) electrons. The van der Waals surface area contributed by atoms with Gasteiger partial charge in [0, 0.05) is 13.1 Å². The molecule has 26 heavy (non-hydrogen) atoms. The Hall–Kier alpha value is -2.35. The number of likely N-dealkylation sites (N-methyl/N-ethyl adjacent to an activating group) is 1. The monoisotopic (exact) mass is 382 g/mol. The number of carbonyl (C=O) groups is 1. The van der Waals surface area contributed by atoms with Crippen molar-refractivity contribution in [3.05, 3.63) is 53.5 Å². The summed E-state index contributed by atoms with van der Waals surface area (Å²) in [6.45, 7) is 1.33. The van der Waals surface area contributed by atoms with Crippen LogP contribution >= 0.6 is 22.7 Å². The first-order valence-electron chi connectivity index (χ1n) is 8.29. The third-order valence-corrected chi connectivity index (χ3v) is 6.09. The number of thiazole rings is 2. The molecule has 0 aliphatic carbocycles. The van der Waals surface area contributed by atoms with Crippen LogP contribution in [0.15, 0.2) is 48.5 Å². The molecule has 2 aromatic carbocycles. The Morgan fingerprint density at radius 3 is 2.12 bits per heavy atom. The van der Waals surface area contributed by atoms with E-state index in [1.807, 2.05) is 62.6 Å². The smallest absolute Gasteiger partial charge is 0.289 e. The van der Waals surface area contributed by atoms with E-state index >= 15 is 0 Å². The second-order valence-corrected chi connectivity index (χ2v) is 8.25.